The molecule has 8 nitrogen and oxygen atoms in total. The number of hydrogen-bond donors (Lipinski definition) is 1. The van der Waals surface area contributed by atoms with Gasteiger partial charge in [-0.25, -0.2) is 9.48 Å². The molecular formula is C21H24N4O4. The Morgan fingerprint density at radius 1 is 1.21 bits per heavy atom. The number of amides is 3. The van der Waals surface area contributed by atoms with E-state index in [1.807, 2.05) is 30.3 Å². The van der Waals surface area contributed by atoms with Crippen molar-refractivity contribution in [2.24, 2.45) is 5.92 Å². The van der Waals surface area contributed by atoms with Crippen LogP contribution in [0, 0.1) is 5.92 Å². The molecule has 152 valence electrons. The molecule has 0 unspecified atom stereocenters. The van der Waals surface area contributed by atoms with Crippen LogP contribution in [0.1, 0.15) is 38.3 Å². The minimum Gasteiger partial charge on any atom is -0.458 e. The first-order valence-electron chi connectivity index (χ1n) is 9.86. The van der Waals surface area contributed by atoms with E-state index in [9.17, 15) is 14.4 Å². The van der Waals surface area contributed by atoms with Crippen molar-refractivity contribution in [2.75, 3.05) is 6.54 Å². The highest BCUT2D eigenvalue weighted by Gasteiger charge is 2.52. The van der Waals surface area contributed by atoms with Gasteiger partial charge in [0.25, 0.3) is 5.91 Å². The Labute approximate surface area is 168 Å². The van der Waals surface area contributed by atoms with Gasteiger partial charge in [-0.15, -0.1) is 0 Å². The highest BCUT2D eigenvalue weighted by Crippen LogP contribution is 2.36. The summed E-state index contributed by atoms with van der Waals surface area (Å²) in [5.41, 5.74) is 0.631. The first-order valence-corrected chi connectivity index (χ1v) is 9.86. The zero-order chi connectivity index (χ0) is 20.4. The van der Waals surface area contributed by atoms with E-state index in [1.54, 1.807) is 16.9 Å². The van der Waals surface area contributed by atoms with Gasteiger partial charge in [0.15, 0.2) is 0 Å². The molecule has 1 aliphatic heterocycles. The smallest absolute Gasteiger partial charge is 0.326 e. The van der Waals surface area contributed by atoms with Crippen molar-refractivity contribution in [2.45, 2.75) is 44.8 Å². The Kier molecular flexibility index (Phi) is 5.08. The number of imide groups is 1. The van der Waals surface area contributed by atoms with E-state index >= 15 is 0 Å². The van der Waals surface area contributed by atoms with Crippen LogP contribution in [0.15, 0.2) is 42.6 Å². The molecular weight excluding hydrogens is 372 g/mol. The van der Waals surface area contributed by atoms with Crippen LogP contribution >= 0.6 is 0 Å². The number of nitrogens with one attached hydrogen (secondary N) is 1. The molecule has 1 N–H and O–H groups in total. The first kappa shape index (κ1) is 19.2. The van der Waals surface area contributed by atoms with Crippen molar-refractivity contribution in [3.05, 3.63) is 48.3 Å². The molecule has 1 aromatic heterocycles. The number of esters is 1. The van der Waals surface area contributed by atoms with E-state index in [1.165, 1.54) is 0 Å². The van der Waals surface area contributed by atoms with Crippen molar-refractivity contribution in [3.63, 3.8) is 0 Å². The van der Waals surface area contributed by atoms with Crippen LogP contribution in [-0.2, 0) is 20.9 Å². The Bertz CT molecular complexity index is 916. The topological polar surface area (TPSA) is 93.5 Å². The second-order valence-corrected chi connectivity index (χ2v) is 7.83. The van der Waals surface area contributed by atoms with Gasteiger partial charge in [-0.3, -0.25) is 14.5 Å². The third kappa shape index (κ3) is 3.87. The molecule has 2 heterocycles. The monoisotopic (exact) mass is 396 g/mol. The maximum atomic E-state index is 12.8. The lowest BCUT2D eigenvalue weighted by Gasteiger charge is -2.33. The van der Waals surface area contributed by atoms with Gasteiger partial charge in [0.2, 0.25) is 0 Å². The Morgan fingerprint density at radius 2 is 1.93 bits per heavy atom. The maximum Gasteiger partial charge on any atom is 0.326 e. The third-order valence-corrected chi connectivity index (χ3v) is 5.71. The van der Waals surface area contributed by atoms with Gasteiger partial charge in [-0.2, -0.15) is 5.10 Å². The van der Waals surface area contributed by atoms with E-state index in [2.05, 4.69) is 17.3 Å². The molecule has 0 atom stereocenters. The van der Waals surface area contributed by atoms with Crippen LogP contribution in [0.3, 0.4) is 0 Å². The molecule has 1 saturated carbocycles. The normalized spacial score (nSPS) is 24.0. The molecule has 29 heavy (non-hydrogen) atoms. The zero-order valence-electron chi connectivity index (χ0n) is 16.3. The van der Waals surface area contributed by atoms with Crippen molar-refractivity contribution >= 4 is 17.9 Å². The lowest BCUT2D eigenvalue weighted by Crippen LogP contribution is -2.49. The number of urea groups is 1. The highest BCUT2D eigenvalue weighted by atomic mass is 16.5. The summed E-state index contributed by atoms with van der Waals surface area (Å²) in [6, 6.07) is 10.8. The molecule has 8 heteroatoms. The van der Waals surface area contributed by atoms with Crippen molar-refractivity contribution in [3.8, 4) is 5.69 Å². The molecule has 1 saturated heterocycles. The SMILES string of the molecule is CC1CCC2(CC1)NC(=O)N(CC(=O)OCc1ccn(-c3ccccc3)n1)C2=O. The minimum atomic E-state index is -0.849. The number of benzene rings is 1. The van der Waals surface area contributed by atoms with Gasteiger partial charge < -0.3 is 10.1 Å². The highest BCUT2D eigenvalue weighted by molar-refractivity contribution is 6.08. The van der Waals surface area contributed by atoms with E-state index in [-0.39, 0.29) is 19.1 Å². The van der Waals surface area contributed by atoms with Crippen molar-refractivity contribution in [1.29, 1.82) is 0 Å². The first-order chi connectivity index (χ1) is 14.0. The van der Waals surface area contributed by atoms with Crippen LogP contribution < -0.4 is 5.32 Å². The average molecular weight is 396 g/mol. The van der Waals surface area contributed by atoms with Gasteiger partial charge in [0.1, 0.15) is 24.4 Å². The van der Waals surface area contributed by atoms with Gasteiger partial charge >= 0.3 is 12.0 Å². The van der Waals surface area contributed by atoms with Gasteiger partial charge in [0.05, 0.1) is 5.69 Å². The quantitative estimate of drug-likeness (QED) is 0.619. The predicted octanol–water partition coefficient (Wildman–Crippen LogP) is 2.42. The summed E-state index contributed by atoms with van der Waals surface area (Å²) in [5.74, 6) is -0.413. The minimum absolute atomic E-state index is 0.0228. The third-order valence-electron chi connectivity index (χ3n) is 5.71. The van der Waals surface area contributed by atoms with Gasteiger partial charge in [-0.1, -0.05) is 25.1 Å². The fraction of sp³-hybridized carbons (Fsp3) is 0.429. The summed E-state index contributed by atoms with van der Waals surface area (Å²) in [7, 11) is 0. The second-order valence-electron chi connectivity index (χ2n) is 7.83. The number of nitrogens with zero attached hydrogens (tertiary/aromatic N) is 3. The standard InChI is InChI=1S/C21H24N4O4/c1-15-7-10-21(11-8-15)19(27)24(20(28)22-21)13-18(26)29-14-16-9-12-25(23-16)17-5-3-2-4-6-17/h2-6,9,12,15H,7-8,10-11,13-14H2,1H3,(H,22,28). The second kappa shape index (κ2) is 7.69. The van der Waals surface area contributed by atoms with Crippen molar-refractivity contribution < 1.29 is 19.1 Å². The number of aromatic nitrogens is 2. The molecule has 2 aromatic rings. The zero-order valence-corrected chi connectivity index (χ0v) is 16.3. The number of carbonyl (C=O) groups excluding carboxylic acids is 3. The molecule has 2 aliphatic rings. The molecule has 0 radical (unpaired) electrons. The summed E-state index contributed by atoms with van der Waals surface area (Å²) >= 11 is 0. The van der Waals surface area contributed by atoms with Gasteiger partial charge in [-0.05, 0) is 49.8 Å². The number of ether oxygens (including phenoxy) is 1. The van der Waals surface area contributed by atoms with Gasteiger partial charge in [0, 0.05) is 6.20 Å². The molecule has 4 rings (SSSR count). The van der Waals surface area contributed by atoms with Crippen molar-refractivity contribution in [1.82, 2.24) is 20.0 Å². The fourth-order valence-corrected chi connectivity index (χ4v) is 3.91. The molecule has 1 aliphatic carbocycles. The largest absolute Gasteiger partial charge is 0.458 e. The van der Waals surface area contributed by atoms with Crippen LogP contribution in [0.2, 0.25) is 0 Å². The van der Waals surface area contributed by atoms with E-state index in [0.29, 0.717) is 24.5 Å². The Hall–Kier alpha value is -3.16. The number of para-hydroxylation sites is 1. The van der Waals surface area contributed by atoms with Crippen LogP contribution in [0.4, 0.5) is 4.79 Å². The van der Waals surface area contributed by atoms with Crippen LogP contribution in [0.5, 0.6) is 0 Å². The summed E-state index contributed by atoms with van der Waals surface area (Å²) in [6.07, 6.45) is 4.77. The molecule has 1 aromatic carbocycles. The summed E-state index contributed by atoms with van der Waals surface area (Å²) in [6.45, 7) is 1.73. The number of hydrogen-bond acceptors (Lipinski definition) is 5. The van der Waals surface area contributed by atoms with Crippen LogP contribution in [-0.4, -0.2) is 44.7 Å². The molecule has 0 bridgehead atoms. The molecule has 1 spiro atoms. The summed E-state index contributed by atoms with van der Waals surface area (Å²) < 4.78 is 6.93. The Morgan fingerprint density at radius 3 is 2.66 bits per heavy atom. The number of carbonyl (C=O) groups is 3. The molecule has 2 fully saturated rings. The van der Waals surface area contributed by atoms with E-state index < -0.39 is 17.5 Å². The summed E-state index contributed by atoms with van der Waals surface area (Å²) in [4.78, 5) is 38.3. The lowest BCUT2D eigenvalue weighted by atomic mass is 9.77. The number of rotatable bonds is 5. The fourth-order valence-electron chi connectivity index (χ4n) is 3.91. The van der Waals surface area contributed by atoms with E-state index in [0.717, 1.165) is 23.4 Å². The van der Waals surface area contributed by atoms with E-state index in [4.69, 9.17) is 4.74 Å². The lowest BCUT2D eigenvalue weighted by molar-refractivity contribution is -0.149. The van der Waals surface area contributed by atoms with Crippen LogP contribution in [0.25, 0.3) is 5.69 Å². The average Bonchev–Trinajstić information content (AvgIpc) is 3.29. The molecule has 3 amide bonds. The Balaban J connectivity index is 1.33. The maximum absolute atomic E-state index is 12.8. The summed E-state index contributed by atoms with van der Waals surface area (Å²) in [5, 5.41) is 7.17. The predicted molar refractivity (Wildman–Crippen MR) is 104 cm³/mol.